The van der Waals surface area contributed by atoms with Crippen LogP contribution in [-0.4, -0.2) is 19.0 Å². The van der Waals surface area contributed by atoms with Gasteiger partial charge in [-0.05, 0) is 29.8 Å². The first-order chi connectivity index (χ1) is 8.02. The van der Waals surface area contributed by atoms with E-state index in [2.05, 4.69) is 10.1 Å². The number of benzene rings is 1. The lowest BCUT2D eigenvalue weighted by Crippen LogP contribution is -2.07. The summed E-state index contributed by atoms with van der Waals surface area (Å²) >= 11 is 5.84. The van der Waals surface area contributed by atoms with Gasteiger partial charge in [-0.2, -0.15) is 0 Å². The van der Waals surface area contributed by atoms with Crippen molar-refractivity contribution in [2.24, 2.45) is 0 Å². The van der Waals surface area contributed by atoms with Gasteiger partial charge < -0.3 is 10.1 Å². The minimum absolute atomic E-state index is 0.194. The van der Waals surface area contributed by atoms with Crippen molar-refractivity contribution >= 4 is 35.2 Å². The van der Waals surface area contributed by atoms with Gasteiger partial charge in [0.25, 0.3) is 0 Å². The van der Waals surface area contributed by atoms with Gasteiger partial charge >= 0.3 is 5.97 Å². The Morgan fingerprint density at radius 1 is 1.41 bits per heavy atom. The van der Waals surface area contributed by atoms with Crippen molar-refractivity contribution < 1.29 is 14.3 Å². The number of esters is 1. The molecular weight excluding hydrogens is 242 g/mol. The maximum absolute atomic E-state index is 11.0. The summed E-state index contributed by atoms with van der Waals surface area (Å²) in [5.74, 6) is -0.668. The highest BCUT2D eigenvalue weighted by Crippen LogP contribution is 2.22. The molecule has 1 aromatic carbocycles. The second-order valence-corrected chi connectivity index (χ2v) is 3.71. The van der Waals surface area contributed by atoms with Crippen LogP contribution in [0.25, 0.3) is 6.08 Å². The Morgan fingerprint density at radius 3 is 2.71 bits per heavy atom. The van der Waals surface area contributed by atoms with Gasteiger partial charge in [0.15, 0.2) is 0 Å². The average Bonchev–Trinajstić information content (AvgIpc) is 2.28. The number of carbonyl (C=O) groups excluding carboxylic acids is 2. The molecule has 0 atom stereocenters. The van der Waals surface area contributed by atoms with Crippen molar-refractivity contribution in [2.45, 2.75) is 6.92 Å². The predicted molar refractivity (Wildman–Crippen MR) is 66.8 cm³/mol. The Balaban J connectivity index is 3.02. The Labute approximate surface area is 104 Å². The SMILES string of the molecule is COC(=O)C=Cc1cc(Cl)ccc1NC(C)=O. The van der Waals surface area contributed by atoms with E-state index in [1.54, 1.807) is 18.2 Å². The van der Waals surface area contributed by atoms with Crippen LogP contribution in [0.15, 0.2) is 24.3 Å². The molecule has 0 aliphatic rings. The molecule has 0 saturated carbocycles. The van der Waals surface area contributed by atoms with Gasteiger partial charge in [0.05, 0.1) is 7.11 Å². The number of carbonyl (C=O) groups is 2. The van der Waals surface area contributed by atoms with Crippen molar-refractivity contribution in [2.75, 3.05) is 12.4 Å². The van der Waals surface area contributed by atoms with Crippen molar-refractivity contribution in [3.8, 4) is 0 Å². The quantitative estimate of drug-likeness (QED) is 0.665. The van der Waals surface area contributed by atoms with Gasteiger partial charge in [0.1, 0.15) is 0 Å². The lowest BCUT2D eigenvalue weighted by atomic mass is 10.1. The van der Waals surface area contributed by atoms with E-state index in [0.717, 1.165) is 0 Å². The van der Waals surface area contributed by atoms with Crippen LogP contribution in [0.2, 0.25) is 5.02 Å². The second-order valence-electron chi connectivity index (χ2n) is 3.27. The van der Waals surface area contributed by atoms with Gasteiger partial charge in [-0.15, -0.1) is 0 Å². The van der Waals surface area contributed by atoms with Crippen LogP contribution in [0.1, 0.15) is 12.5 Å². The highest BCUT2D eigenvalue weighted by molar-refractivity contribution is 6.30. The van der Waals surface area contributed by atoms with E-state index in [4.69, 9.17) is 11.6 Å². The Bertz CT molecular complexity index is 469. The number of methoxy groups -OCH3 is 1. The van der Waals surface area contributed by atoms with Gasteiger partial charge in [-0.1, -0.05) is 11.6 Å². The molecule has 0 unspecified atom stereocenters. The number of nitrogens with one attached hydrogen (secondary N) is 1. The van der Waals surface area contributed by atoms with E-state index in [0.29, 0.717) is 16.3 Å². The molecule has 0 spiro atoms. The fourth-order valence-corrected chi connectivity index (χ4v) is 1.38. The first kappa shape index (κ1) is 13.3. The fourth-order valence-electron chi connectivity index (χ4n) is 1.20. The summed E-state index contributed by atoms with van der Waals surface area (Å²) in [6.45, 7) is 1.41. The summed E-state index contributed by atoms with van der Waals surface area (Å²) in [4.78, 5) is 22.0. The molecule has 1 N–H and O–H groups in total. The molecule has 0 saturated heterocycles. The van der Waals surface area contributed by atoms with Crippen LogP contribution in [-0.2, 0) is 14.3 Å². The molecule has 0 aliphatic heterocycles. The topological polar surface area (TPSA) is 55.4 Å². The summed E-state index contributed by atoms with van der Waals surface area (Å²) < 4.78 is 4.48. The first-order valence-corrected chi connectivity index (χ1v) is 5.24. The highest BCUT2D eigenvalue weighted by Gasteiger charge is 2.03. The van der Waals surface area contributed by atoms with E-state index < -0.39 is 5.97 Å². The van der Waals surface area contributed by atoms with Crippen LogP contribution < -0.4 is 5.32 Å². The first-order valence-electron chi connectivity index (χ1n) is 4.86. The van der Waals surface area contributed by atoms with Gasteiger partial charge in [-0.3, -0.25) is 4.79 Å². The molecule has 1 aromatic rings. The van der Waals surface area contributed by atoms with Crippen molar-refractivity contribution in [1.29, 1.82) is 0 Å². The zero-order valence-electron chi connectivity index (χ0n) is 9.49. The van der Waals surface area contributed by atoms with Gasteiger partial charge in [0, 0.05) is 23.7 Å². The molecule has 4 nitrogen and oxygen atoms in total. The zero-order valence-corrected chi connectivity index (χ0v) is 10.2. The molecule has 0 aromatic heterocycles. The summed E-state index contributed by atoms with van der Waals surface area (Å²) in [5, 5.41) is 3.16. The second kappa shape index (κ2) is 6.06. The number of hydrogen-bond donors (Lipinski definition) is 1. The number of anilines is 1. The largest absolute Gasteiger partial charge is 0.466 e. The molecule has 5 heteroatoms. The van der Waals surface area contributed by atoms with Crippen LogP contribution >= 0.6 is 11.6 Å². The summed E-state index contributed by atoms with van der Waals surface area (Å²) in [6, 6.07) is 4.97. The zero-order chi connectivity index (χ0) is 12.8. The summed E-state index contributed by atoms with van der Waals surface area (Å²) in [5.41, 5.74) is 1.22. The number of ether oxygens (including phenoxy) is 1. The average molecular weight is 254 g/mol. The van der Waals surface area contributed by atoms with Crippen LogP contribution in [0.5, 0.6) is 0 Å². The lowest BCUT2D eigenvalue weighted by Gasteiger charge is -2.06. The Hall–Kier alpha value is -1.81. The van der Waals surface area contributed by atoms with Crippen molar-refractivity contribution in [1.82, 2.24) is 0 Å². The number of amides is 1. The number of hydrogen-bond acceptors (Lipinski definition) is 3. The minimum Gasteiger partial charge on any atom is -0.466 e. The Morgan fingerprint density at radius 2 is 2.12 bits per heavy atom. The van der Waals surface area contributed by atoms with Crippen molar-refractivity contribution in [3.05, 3.63) is 34.9 Å². The number of rotatable bonds is 3. The van der Waals surface area contributed by atoms with E-state index in [-0.39, 0.29) is 5.91 Å². The van der Waals surface area contributed by atoms with Crippen LogP contribution in [0.4, 0.5) is 5.69 Å². The van der Waals surface area contributed by atoms with E-state index in [9.17, 15) is 9.59 Å². The highest BCUT2D eigenvalue weighted by atomic mass is 35.5. The van der Waals surface area contributed by atoms with Gasteiger partial charge in [0.2, 0.25) is 5.91 Å². The molecule has 0 radical (unpaired) electrons. The molecule has 1 rings (SSSR count). The fraction of sp³-hybridized carbons (Fsp3) is 0.167. The molecule has 0 aliphatic carbocycles. The molecule has 17 heavy (non-hydrogen) atoms. The van der Waals surface area contributed by atoms with Gasteiger partial charge in [-0.25, -0.2) is 4.79 Å². The molecule has 1 amide bonds. The smallest absolute Gasteiger partial charge is 0.330 e. The molecule has 0 heterocycles. The van der Waals surface area contributed by atoms with E-state index >= 15 is 0 Å². The minimum atomic E-state index is -0.473. The predicted octanol–water partition coefficient (Wildman–Crippen LogP) is 2.48. The molecule has 0 bridgehead atoms. The lowest BCUT2D eigenvalue weighted by molar-refractivity contribution is -0.134. The Kier molecular flexibility index (Phi) is 4.72. The molecule has 90 valence electrons. The maximum Gasteiger partial charge on any atom is 0.330 e. The standard InChI is InChI=1S/C12H12ClNO3/c1-8(15)14-11-5-4-10(13)7-9(11)3-6-12(16)17-2/h3-7H,1-2H3,(H,14,15). The maximum atomic E-state index is 11.0. The third-order valence-electron chi connectivity index (χ3n) is 1.92. The third-order valence-corrected chi connectivity index (χ3v) is 2.16. The molecular formula is C12H12ClNO3. The van der Waals surface area contributed by atoms with Crippen LogP contribution in [0, 0.1) is 0 Å². The molecule has 0 fully saturated rings. The van der Waals surface area contributed by atoms with E-state index in [1.807, 2.05) is 0 Å². The normalized spacial score (nSPS) is 10.3. The van der Waals surface area contributed by atoms with Crippen LogP contribution in [0.3, 0.4) is 0 Å². The summed E-state index contributed by atoms with van der Waals surface area (Å²) in [6.07, 6.45) is 2.79. The number of halogens is 1. The summed E-state index contributed by atoms with van der Waals surface area (Å²) in [7, 11) is 1.29. The monoisotopic (exact) mass is 253 g/mol. The van der Waals surface area contributed by atoms with Crippen molar-refractivity contribution in [3.63, 3.8) is 0 Å². The van der Waals surface area contributed by atoms with E-state index in [1.165, 1.54) is 26.2 Å². The third kappa shape index (κ3) is 4.28.